The third-order valence-electron chi connectivity index (χ3n) is 4.28. The van der Waals surface area contributed by atoms with E-state index in [2.05, 4.69) is 17.6 Å². The number of benzene rings is 1. The lowest BCUT2D eigenvalue weighted by atomic mass is 10.1. The van der Waals surface area contributed by atoms with E-state index in [4.69, 9.17) is 17.0 Å². The van der Waals surface area contributed by atoms with Crippen molar-refractivity contribution in [3.05, 3.63) is 51.9 Å². The molecule has 0 bridgehead atoms. The SMILES string of the molecule is CCC(NC(=S)Nc1sc(C(=O)N(C)C)c(C)c1C(=O)OC)c1ccccc1. The molecule has 0 aliphatic rings. The molecule has 28 heavy (non-hydrogen) atoms. The minimum atomic E-state index is -0.507. The Labute approximate surface area is 174 Å². The Morgan fingerprint density at radius 2 is 1.89 bits per heavy atom. The van der Waals surface area contributed by atoms with Crippen LogP contribution in [-0.2, 0) is 4.74 Å². The van der Waals surface area contributed by atoms with Crippen molar-refractivity contribution in [2.75, 3.05) is 26.5 Å². The second kappa shape index (κ2) is 9.66. The molecule has 150 valence electrons. The van der Waals surface area contributed by atoms with Crippen LogP contribution in [0.1, 0.15) is 50.5 Å². The number of hydrogen-bond acceptors (Lipinski definition) is 5. The van der Waals surface area contributed by atoms with Gasteiger partial charge in [-0.05, 0) is 36.7 Å². The Bertz CT molecular complexity index is 863. The number of rotatable bonds is 6. The quantitative estimate of drug-likeness (QED) is 0.545. The van der Waals surface area contributed by atoms with Crippen LogP contribution in [0.2, 0.25) is 0 Å². The molecule has 8 heteroatoms. The molecule has 0 aliphatic carbocycles. The summed E-state index contributed by atoms with van der Waals surface area (Å²) in [4.78, 5) is 26.7. The van der Waals surface area contributed by atoms with Crippen LogP contribution >= 0.6 is 23.6 Å². The van der Waals surface area contributed by atoms with Gasteiger partial charge < -0.3 is 20.3 Å². The Morgan fingerprint density at radius 1 is 1.25 bits per heavy atom. The second-order valence-electron chi connectivity index (χ2n) is 6.42. The van der Waals surface area contributed by atoms with E-state index in [1.165, 1.54) is 23.3 Å². The van der Waals surface area contributed by atoms with E-state index in [1.807, 2.05) is 30.3 Å². The molecule has 0 fully saturated rings. The van der Waals surface area contributed by atoms with Gasteiger partial charge in [0, 0.05) is 14.1 Å². The average Bonchev–Trinajstić information content (AvgIpc) is 3.01. The van der Waals surface area contributed by atoms with Crippen molar-refractivity contribution in [3.63, 3.8) is 0 Å². The van der Waals surface area contributed by atoms with Crippen LogP contribution < -0.4 is 10.6 Å². The van der Waals surface area contributed by atoms with E-state index in [9.17, 15) is 9.59 Å². The predicted octanol–water partition coefficient (Wildman–Crippen LogP) is 3.98. The maximum Gasteiger partial charge on any atom is 0.341 e. The highest BCUT2D eigenvalue weighted by molar-refractivity contribution is 7.80. The fourth-order valence-electron chi connectivity index (χ4n) is 2.76. The molecular weight excluding hydrogens is 394 g/mol. The summed E-state index contributed by atoms with van der Waals surface area (Å²) in [7, 11) is 4.66. The molecular formula is C20H25N3O3S2. The molecule has 1 amide bonds. The minimum absolute atomic E-state index is 0.0340. The van der Waals surface area contributed by atoms with Crippen molar-refractivity contribution in [2.24, 2.45) is 0 Å². The van der Waals surface area contributed by atoms with Crippen molar-refractivity contribution >= 4 is 45.5 Å². The molecule has 0 radical (unpaired) electrons. The lowest BCUT2D eigenvalue weighted by molar-refractivity contribution is 0.0601. The van der Waals surface area contributed by atoms with Crippen LogP contribution in [0, 0.1) is 6.92 Å². The average molecular weight is 420 g/mol. The van der Waals surface area contributed by atoms with Crippen LogP contribution in [0.25, 0.3) is 0 Å². The number of nitrogens with one attached hydrogen (secondary N) is 2. The summed E-state index contributed by atoms with van der Waals surface area (Å²) in [6.45, 7) is 3.80. The highest BCUT2D eigenvalue weighted by Gasteiger charge is 2.26. The number of hydrogen-bond donors (Lipinski definition) is 2. The zero-order chi connectivity index (χ0) is 20.8. The number of carbonyl (C=O) groups is 2. The van der Waals surface area contributed by atoms with E-state index in [1.54, 1.807) is 21.0 Å². The summed E-state index contributed by atoms with van der Waals surface area (Å²) in [6, 6.07) is 10.0. The number of esters is 1. The van der Waals surface area contributed by atoms with Crippen LogP contribution in [0.15, 0.2) is 30.3 Å². The highest BCUT2D eigenvalue weighted by Crippen LogP contribution is 2.34. The van der Waals surface area contributed by atoms with Gasteiger partial charge in [0.05, 0.1) is 23.6 Å². The van der Waals surface area contributed by atoms with Gasteiger partial charge in [-0.2, -0.15) is 0 Å². The summed E-state index contributed by atoms with van der Waals surface area (Å²) >= 11 is 6.66. The van der Waals surface area contributed by atoms with Crippen LogP contribution in [0.5, 0.6) is 0 Å². The molecule has 2 aromatic rings. The lowest BCUT2D eigenvalue weighted by Gasteiger charge is -2.20. The van der Waals surface area contributed by atoms with Crippen LogP contribution in [0.3, 0.4) is 0 Å². The smallest absolute Gasteiger partial charge is 0.341 e. The molecule has 0 aliphatic heterocycles. The van der Waals surface area contributed by atoms with Crippen LogP contribution in [0.4, 0.5) is 5.00 Å². The zero-order valence-corrected chi connectivity index (χ0v) is 18.3. The van der Waals surface area contributed by atoms with Gasteiger partial charge in [-0.3, -0.25) is 4.79 Å². The van der Waals surface area contributed by atoms with E-state index < -0.39 is 5.97 Å². The molecule has 0 spiro atoms. The summed E-state index contributed by atoms with van der Waals surface area (Å²) in [5.74, 6) is -0.678. The molecule has 1 aromatic carbocycles. The van der Waals surface area contributed by atoms with E-state index >= 15 is 0 Å². The van der Waals surface area contributed by atoms with Gasteiger partial charge in [0.2, 0.25) is 0 Å². The van der Waals surface area contributed by atoms with Crippen molar-refractivity contribution in [1.82, 2.24) is 10.2 Å². The van der Waals surface area contributed by atoms with E-state index in [0.717, 1.165) is 12.0 Å². The number of thiophene rings is 1. The molecule has 2 N–H and O–H groups in total. The topological polar surface area (TPSA) is 70.7 Å². The maximum absolute atomic E-state index is 12.4. The van der Waals surface area contributed by atoms with Gasteiger partial charge in [-0.25, -0.2) is 4.79 Å². The fourth-order valence-corrected chi connectivity index (χ4v) is 4.29. The van der Waals surface area contributed by atoms with Crippen molar-refractivity contribution in [2.45, 2.75) is 26.3 Å². The summed E-state index contributed by atoms with van der Waals surface area (Å²) < 4.78 is 4.90. The molecule has 1 unspecified atom stereocenters. The Balaban J connectivity index is 2.28. The van der Waals surface area contributed by atoms with Gasteiger partial charge >= 0.3 is 5.97 Å². The number of ether oxygens (including phenoxy) is 1. The predicted molar refractivity (Wildman–Crippen MR) is 117 cm³/mol. The maximum atomic E-state index is 12.4. The Hall–Kier alpha value is -2.45. The lowest BCUT2D eigenvalue weighted by Crippen LogP contribution is -2.32. The number of carbonyl (C=O) groups excluding carboxylic acids is 2. The molecule has 1 atom stereocenters. The summed E-state index contributed by atoms with van der Waals surface area (Å²) in [6.07, 6.45) is 0.837. The zero-order valence-electron chi connectivity index (χ0n) is 16.7. The van der Waals surface area contributed by atoms with Crippen molar-refractivity contribution < 1.29 is 14.3 Å². The molecule has 6 nitrogen and oxygen atoms in total. The first kappa shape index (κ1) is 21.8. The standard InChI is InChI=1S/C20H25N3O3S2/c1-6-14(13-10-8-7-9-11-13)21-20(27)22-17-15(19(25)26-5)12(2)16(28-17)18(24)23(3)4/h7-11,14H,6H2,1-5H3,(H2,21,22,27). The molecule has 0 saturated heterocycles. The largest absolute Gasteiger partial charge is 0.465 e. The number of nitrogens with zero attached hydrogens (tertiary/aromatic N) is 1. The molecule has 1 heterocycles. The van der Waals surface area contributed by atoms with Crippen molar-refractivity contribution in [1.29, 1.82) is 0 Å². The van der Waals surface area contributed by atoms with Crippen molar-refractivity contribution in [3.8, 4) is 0 Å². The first-order valence-corrected chi connectivity index (χ1v) is 10.1. The third kappa shape index (κ3) is 4.88. The number of thiocarbonyl (C=S) groups is 1. The fraction of sp³-hybridized carbons (Fsp3) is 0.350. The number of methoxy groups -OCH3 is 1. The molecule has 0 saturated carbocycles. The minimum Gasteiger partial charge on any atom is -0.465 e. The Kier molecular flexibility index (Phi) is 7.53. The monoisotopic (exact) mass is 419 g/mol. The first-order valence-electron chi connectivity index (χ1n) is 8.85. The van der Waals surface area contributed by atoms with E-state index in [-0.39, 0.29) is 11.9 Å². The second-order valence-corrected chi connectivity index (χ2v) is 7.85. The first-order chi connectivity index (χ1) is 13.3. The summed E-state index contributed by atoms with van der Waals surface area (Å²) in [5, 5.41) is 7.23. The molecule has 1 aromatic heterocycles. The van der Waals surface area contributed by atoms with Gasteiger partial charge in [-0.1, -0.05) is 37.3 Å². The number of anilines is 1. The summed E-state index contributed by atoms with van der Waals surface area (Å²) in [5.41, 5.74) is 2.03. The third-order valence-corrected chi connectivity index (χ3v) is 5.69. The van der Waals surface area contributed by atoms with Crippen LogP contribution in [-0.4, -0.2) is 43.1 Å². The van der Waals surface area contributed by atoms with Gasteiger partial charge in [0.1, 0.15) is 5.00 Å². The van der Waals surface area contributed by atoms with Gasteiger partial charge in [0.25, 0.3) is 5.91 Å². The number of amides is 1. The van der Waals surface area contributed by atoms with Gasteiger partial charge in [-0.15, -0.1) is 11.3 Å². The normalized spacial score (nSPS) is 11.5. The van der Waals surface area contributed by atoms with E-state index in [0.29, 0.717) is 26.1 Å². The molecule has 2 rings (SSSR count). The Morgan fingerprint density at radius 3 is 2.43 bits per heavy atom. The highest BCUT2D eigenvalue weighted by atomic mass is 32.1. The van der Waals surface area contributed by atoms with Gasteiger partial charge in [0.15, 0.2) is 5.11 Å².